The van der Waals surface area contributed by atoms with E-state index in [0.717, 1.165) is 12.5 Å². The van der Waals surface area contributed by atoms with E-state index in [0.29, 0.717) is 18.6 Å². The number of likely N-dealkylation sites (N-methyl/N-ethyl adjacent to an activating group) is 1. The lowest BCUT2D eigenvalue weighted by molar-refractivity contribution is -0.137. The Morgan fingerprint density at radius 2 is 1.96 bits per heavy atom. The molecule has 1 aromatic rings. The summed E-state index contributed by atoms with van der Waals surface area (Å²) in [7, 11) is -2.28. The van der Waals surface area contributed by atoms with Crippen LogP contribution in [-0.2, 0) is 16.2 Å². The van der Waals surface area contributed by atoms with Crippen molar-refractivity contribution in [2.24, 2.45) is 0 Å². The quantitative estimate of drug-likeness (QED) is 0.859. The molecule has 1 aliphatic rings. The molecule has 1 saturated heterocycles. The van der Waals surface area contributed by atoms with E-state index in [1.165, 1.54) is 4.31 Å². The molecule has 1 atom stereocenters. The molecule has 4 nitrogen and oxygen atoms in total. The summed E-state index contributed by atoms with van der Waals surface area (Å²) >= 11 is 5.66. The maximum Gasteiger partial charge on any atom is 0.416 e. The molecule has 1 aromatic carbocycles. The SMILES string of the molecule is CNC1CCCN(S(=O)(=O)c2cc(Cl)cc(C(F)(F)F)c2)C1.Cl. The average Bonchev–Trinajstić information content (AvgIpc) is 2.45. The number of hydrogen-bond donors (Lipinski definition) is 1. The van der Waals surface area contributed by atoms with Crippen LogP contribution < -0.4 is 5.32 Å². The van der Waals surface area contributed by atoms with Gasteiger partial charge in [-0.3, -0.25) is 0 Å². The Morgan fingerprint density at radius 1 is 1.30 bits per heavy atom. The van der Waals surface area contributed by atoms with Crippen molar-refractivity contribution >= 4 is 34.0 Å². The van der Waals surface area contributed by atoms with Crippen molar-refractivity contribution in [1.29, 1.82) is 0 Å². The number of alkyl halides is 3. The highest BCUT2D eigenvalue weighted by atomic mass is 35.5. The minimum Gasteiger partial charge on any atom is -0.316 e. The zero-order valence-electron chi connectivity index (χ0n) is 12.2. The molecule has 1 fully saturated rings. The van der Waals surface area contributed by atoms with Crippen LogP contribution in [0.3, 0.4) is 0 Å². The monoisotopic (exact) mass is 392 g/mol. The Bertz CT molecular complexity index is 653. The molecular weight excluding hydrogens is 376 g/mol. The Labute approximate surface area is 144 Å². The lowest BCUT2D eigenvalue weighted by atomic mass is 10.1. The fourth-order valence-electron chi connectivity index (χ4n) is 2.42. The van der Waals surface area contributed by atoms with Gasteiger partial charge < -0.3 is 5.32 Å². The number of sulfonamides is 1. The molecule has 1 aliphatic heterocycles. The second kappa shape index (κ2) is 7.57. The summed E-state index contributed by atoms with van der Waals surface area (Å²) in [6, 6.07) is 2.39. The van der Waals surface area contributed by atoms with Crippen molar-refractivity contribution in [2.45, 2.75) is 30.0 Å². The Balaban J connectivity index is 0.00000264. The molecular formula is C13H17Cl2F3N2O2S. The summed E-state index contributed by atoms with van der Waals surface area (Å²) in [4.78, 5) is -0.427. The number of rotatable bonds is 3. The summed E-state index contributed by atoms with van der Waals surface area (Å²) in [5.41, 5.74) is -1.07. The van der Waals surface area contributed by atoms with Crippen molar-refractivity contribution in [3.8, 4) is 0 Å². The van der Waals surface area contributed by atoms with E-state index in [1.807, 2.05) is 0 Å². The van der Waals surface area contributed by atoms with E-state index in [9.17, 15) is 21.6 Å². The van der Waals surface area contributed by atoms with Gasteiger partial charge in [0.1, 0.15) is 0 Å². The number of hydrogen-bond acceptors (Lipinski definition) is 3. The fourth-order valence-corrected chi connectivity index (χ4v) is 4.32. The predicted octanol–water partition coefficient (Wildman–Crippen LogP) is 3.15. The summed E-state index contributed by atoms with van der Waals surface area (Å²) < 4.78 is 64.8. The first kappa shape index (κ1) is 20.5. The minimum absolute atomic E-state index is 0. The molecule has 132 valence electrons. The zero-order chi connectivity index (χ0) is 16.5. The third-order valence-electron chi connectivity index (χ3n) is 3.63. The average molecular weight is 393 g/mol. The van der Waals surface area contributed by atoms with E-state index < -0.39 is 26.7 Å². The lowest BCUT2D eigenvalue weighted by Crippen LogP contribution is -2.46. The van der Waals surface area contributed by atoms with Crippen LogP contribution in [0.4, 0.5) is 13.2 Å². The molecule has 0 aliphatic carbocycles. The summed E-state index contributed by atoms with van der Waals surface area (Å²) in [6.07, 6.45) is -3.17. The first-order valence-corrected chi connectivity index (χ1v) is 8.51. The topological polar surface area (TPSA) is 49.4 Å². The third-order valence-corrected chi connectivity index (χ3v) is 5.69. The van der Waals surface area contributed by atoms with E-state index in [1.54, 1.807) is 7.05 Å². The molecule has 1 heterocycles. The minimum atomic E-state index is -4.65. The molecule has 0 aromatic heterocycles. The van der Waals surface area contributed by atoms with Crippen LogP contribution in [0.1, 0.15) is 18.4 Å². The normalized spacial score (nSPS) is 20.1. The highest BCUT2D eigenvalue weighted by Crippen LogP contribution is 2.34. The molecule has 0 saturated carbocycles. The van der Waals surface area contributed by atoms with Crippen molar-refractivity contribution in [2.75, 3.05) is 20.1 Å². The van der Waals surface area contributed by atoms with Gasteiger partial charge in [-0.1, -0.05) is 11.6 Å². The molecule has 0 spiro atoms. The molecule has 10 heteroatoms. The van der Waals surface area contributed by atoms with Crippen molar-refractivity contribution < 1.29 is 21.6 Å². The van der Waals surface area contributed by atoms with Gasteiger partial charge in [-0.15, -0.1) is 12.4 Å². The number of nitrogens with one attached hydrogen (secondary N) is 1. The zero-order valence-corrected chi connectivity index (χ0v) is 14.6. The van der Waals surface area contributed by atoms with Crippen LogP contribution in [0, 0.1) is 0 Å². The third kappa shape index (κ3) is 4.73. The summed E-state index contributed by atoms with van der Waals surface area (Å²) in [5.74, 6) is 0. The maximum atomic E-state index is 12.8. The van der Waals surface area contributed by atoms with Gasteiger partial charge in [0, 0.05) is 24.2 Å². The van der Waals surface area contributed by atoms with Crippen molar-refractivity contribution in [1.82, 2.24) is 9.62 Å². The van der Waals surface area contributed by atoms with Crippen LogP contribution >= 0.6 is 24.0 Å². The summed E-state index contributed by atoms with van der Waals surface area (Å²) in [6.45, 7) is 0.515. The van der Waals surface area contributed by atoms with Crippen LogP contribution in [-0.4, -0.2) is 38.9 Å². The van der Waals surface area contributed by atoms with E-state index in [-0.39, 0.29) is 36.6 Å². The van der Waals surface area contributed by atoms with Gasteiger partial charge in [-0.25, -0.2) is 8.42 Å². The molecule has 0 radical (unpaired) electrons. The van der Waals surface area contributed by atoms with E-state index in [4.69, 9.17) is 11.6 Å². The second-order valence-electron chi connectivity index (χ2n) is 5.16. The van der Waals surface area contributed by atoms with Crippen molar-refractivity contribution in [3.63, 3.8) is 0 Å². The first-order chi connectivity index (χ1) is 10.1. The smallest absolute Gasteiger partial charge is 0.316 e. The first-order valence-electron chi connectivity index (χ1n) is 6.70. The number of nitrogens with zero attached hydrogens (tertiary/aromatic N) is 1. The molecule has 1 unspecified atom stereocenters. The maximum absolute atomic E-state index is 12.8. The standard InChI is InChI=1S/C13H16ClF3N2O2S.ClH/c1-18-11-3-2-4-19(8-11)22(20,21)12-6-9(13(15,16)17)5-10(14)7-12;/h5-7,11,18H,2-4,8H2,1H3;1H. The van der Waals surface area contributed by atoms with Gasteiger partial charge >= 0.3 is 6.18 Å². The Kier molecular flexibility index (Phi) is 6.74. The molecule has 2 rings (SSSR count). The number of piperidine rings is 1. The highest BCUT2D eigenvalue weighted by Gasteiger charge is 2.35. The molecule has 1 N–H and O–H groups in total. The van der Waals surface area contributed by atoms with Gasteiger partial charge in [-0.05, 0) is 38.1 Å². The van der Waals surface area contributed by atoms with Crippen molar-refractivity contribution in [3.05, 3.63) is 28.8 Å². The largest absolute Gasteiger partial charge is 0.416 e. The van der Waals surface area contributed by atoms with Gasteiger partial charge in [0.05, 0.1) is 10.5 Å². The van der Waals surface area contributed by atoms with Gasteiger partial charge in [0.2, 0.25) is 10.0 Å². The van der Waals surface area contributed by atoms with Gasteiger partial charge in [-0.2, -0.15) is 17.5 Å². The van der Waals surface area contributed by atoms with Gasteiger partial charge in [0.25, 0.3) is 0 Å². The van der Waals surface area contributed by atoms with E-state index in [2.05, 4.69) is 5.32 Å². The highest BCUT2D eigenvalue weighted by molar-refractivity contribution is 7.89. The fraction of sp³-hybridized carbons (Fsp3) is 0.538. The number of benzene rings is 1. The van der Waals surface area contributed by atoms with Gasteiger partial charge in [0.15, 0.2) is 0 Å². The van der Waals surface area contributed by atoms with Crippen LogP contribution in [0.5, 0.6) is 0 Å². The lowest BCUT2D eigenvalue weighted by Gasteiger charge is -2.31. The second-order valence-corrected chi connectivity index (χ2v) is 7.54. The molecule has 0 bridgehead atoms. The number of halogens is 5. The predicted molar refractivity (Wildman–Crippen MR) is 84.5 cm³/mol. The Morgan fingerprint density at radius 3 is 2.52 bits per heavy atom. The van der Waals surface area contributed by atoms with Crippen LogP contribution in [0.15, 0.2) is 23.1 Å². The molecule has 23 heavy (non-hydrogen) atoms. The van der Waals surface area contributed by atoms with E-state index >= 15 is 0 Å². The van der Waals surface area contributed by atoms with Crippen LogP contribution in [0.2, 0.25) is 5.02 Å². The summed E-state index contributed by atoms with van der Waals surface area (Å²) in [5, 5.41) is 2.74. The molecule has 0 amide bonds. The Hall–Kier alpha value is -0.540. The van der Waals surface area contributed by atoms with Crippen LogP contribution in [0.25, 0.3) is 0 Å².